The van der Waals surface area contributed by atoms with E-state index in [-0.39, 0.29) is 0 Å². The number of rotatable bonds is 2. The first-order valence-electron chi connectivity index (χ1n) is 5.54. The molecule has 82 valence electrons. The molecule has 4 heteroatoms. The molecule has 0 bridgehead atoms. The van der Waals surface area contributed by atoms with Crippen LogP contribution in [-0.2, 0) is 0 Å². The van der Waals surface area contributed by atoms with Gasteiger partial charge in [0.05, 0.1) is 6.20 Å². The van der Waals surface area contributed by atoms with Gasteiger partial charge in [0.25, 0.3) is 0 Å². The standard InChI is InChI=1S/C11H18N4/c1-9-6-11(14-13-8-9)15-4-2-10(7-12)3-5-15/h6,8,10H,2-5,7,12H2,1H3. The van der Waals surface area contributed by atoms with Crippen LogP contribution in [0.25, 0.3) is 0 Å². The molecule has 0 aliphatic carbocycles. The fraction of sp³-hybridized carbons (Fsp3) is 0.636. The Kier molecular flexibility index (Phi) is 3.16. The van der Waals surface area contributed by atoms with Crippen molar-refractivity contribution in [3.63, 3.8) is 0 Å². The molecule has 2 N–H and O–H groups in total. The number of piperidine rings is 1. The molecule has 0 radical (unpaired) electrons. The van der Waals surface area contributed by atoms with Gasteiger partial charge < -0.3 is 10.6 Å². The number of nitrogens with two attached hydrogens (primary N) is 1. The van der Waals surface area contributed by atoms with Gasteiger partial charge in [-0.15, -0.1) is 5.10 Å². The molecule has 1 aromatic rings. The maximum Gasteiger partial charge on any atom is 0.151 e. The quantitative estimate of drug-likeness (QED) is 0.783. The largest absolute Gasteiger partial charge is 0.355 e. The lowest BCUT2D eigenvalue weighted by molar-refractivity contribution is 0.412. The fourth-order valence-corrected chi connectivity index (χ4v) is 2.00. The molecule has 1 aliphatic rings. The summed E-state index contributed by atoms with van der Waals surface area (Å²) >= 11 is 0. The number of hydrogen-bond acceptors (Lipinski definition) is 4. The summed E-state index contributed by atoms with van der Waals surface area (Å²) in [6, 6.07) is 2.09. The highest BCUT2D eigenvalue weighted by molar-refractivity contribution is 5.39. The summed E-state index contributed by atoms with van der Waals surface area (Å²) in [6.07, 6.45) is 4.13. The Morgan fingerprint density at radius 1 is 1.47 bits per heavy atom. The van der Waals surface area contributed by atoms with Crippen LogP contribution in [0, 0.1) is 12.8 Å². The van der Waals surface area contributed by atoms with Gasteiger partial charge in [-0.2, -0.15) is 5.10 Å². The number of aromatic nitrogens is 2. The molecule has 2 heterocycles. The van der Waals surface area contributed by atoms with Gasteiger partial charge in [0.15, 0.2) is 5.82 Å². The van der Waals surface area contributed by atoms with E-state index in [0.717, 1.165) is 25.5 Å². The Balaban J connectivity index is 2.01. The van der Waals surface area contributed by atoms with Crippen LogP contribution in [0.3, 0.4) is 0 Å². The predicted octanol–water partition coefficient (Wildman–Crippen LogP) is 0.960. The zero-order chi connectivity index (χ0) is 10.7. The minimum Gasteiger partial charge on any atom is -0.355 e. The van der Waals surface area contributed by atoms with E-state index in [1.54, 1.807) is 6.20 Å². The molecule has 0 aromatic carbocycles. The molecule has 2 rings (SSSR count). The molecular weight excluding hydrogens is 188 g/mol. The molecule has 1 aliphatic heterocycles. The van der Waals surface area contributed by atoms with Crippen molar-refractivity contribution in [3.05, 3.63) is 17.8 Å². The maximum absolute atomic E-state index is 5.66. The normalized spacial score (nSPS) is 18.1. The molecular formula is C11H18N4. The Hall–Kier alpha value is -1.16. The summed E-state index contributed by atoms with van der Waals surface area (Å²) in [4.78, 5) is 2.30. The monoisotopic (exact) mass is 206 g/mol. The molecule has 1 aromatic heterocycles. The Morgan fingerprint density at radius 2 is 2.20 bits per heavy atom. The zero-order valence-electron chi connectivity index (χ0n) is 9.19. The van der Waals surface area contributed by atoms with E-state index in [1.807, 2.05) is 6.92 Å². The Morgan fingerprint density at radius 3 is 2.80 bits per heavy atom. The SMILES string of the molecule is Cc1cnnc(N2CCC(CN)CC2)c1. The van der Waals surface area contributed by atoms with E-state index in [2.05, 4.69) is 21.2 Å². The van der Waals surface area contributed by atoms with Crippen molar-refractivity contribution in [1.82, 2.24) is 10.2 Å². The van der Waals surface area contributed by atoms with Gasteiger partial charge in [-0.25, -0.2) is 0 Å². The first kappa shape index (κ1) is 10.4. The van der Waals surface area contributed by atoms with E-state index < -0.39 is 0 Å². The third-order valence-electron chi connectivity index (χ3n) is 3.05. The van der Waals surface area contributed by atoms with Gasteiger partial charge in [0, 0.05) is 13.1 Å². The fourth-order valence-electron chi connectivity index (χ4n) is 2.00. The number of anilines is 1. The molecule has 1 saturated heterocycles. The minimum atomic E-state index is 0.694. The molecule has 15 heavy (non-hydrogen) atoms. The average molecular weight is 206 g/mol. The maximum atomic E-state index is 5.66. The van der Waals surface area contributed by atoms with E-state index >= 15 is 0 Å². The lowest BCUT2D eigenvalue weighted by atomic mass is 9.97. The van der Waals surface area contributed by atoms with Crippen LogP contribution in [-0.4, -0.2) is 29.8 Å². The third-order valence-corrected chi connectivity index (χ3v) is 3.05. The topological polar surface area (TPSA) is 55.0 Å². The van der Waals surface area contributed by atoms with Crippen molar-refractivity contribution in [3.8, 4) is 0 Å². The van der Waals surface area contributed by atoms with Gasteiger partial charge in [-0.3, -0.25) is 0 Å². The van der Waals surface area contributed by atoms with Crippen molar-refractivity contribution in [2.75, 3.05) is 24.5 Å². The summed E-state index contributed by atoms with van der Waals surface area (Å²) in [5, 5.41) is 8.14. The van der Waals surface area contributed by atoms with Crippen molar-refractivity contribution >= 4 is 5.82 Å². The molecule has 0 saturated carbocycles. The Labute approximate surface area is 90.5 Å². The van der Waals surface area contributed by atoms with Crippen molar-refractivity contribution in [2.24, 2.45) is 11.7 Å². The van der Waals surface area contributed by atoms with Crippen LogP contribution in [0.1, 0.15) is 18.4 Å². The van der Waals surface area contributed by atoms with Crippen LogP contribution in [0.2, 0.25) is 0 Å². The smallest absolute Gasteiger partial charge is 0.151 e. The average Bonchev–Trinajstić information content (AvgIpc) is 2.29. The molecule has 0 spiro atoms. The highest BCUT2D eigenvalue weighted by atomic mass is 15.3. The lowest BCUT2D eigenvalue weighted by Gasteiger charge is -2.31. The second kappa shape index (κ2) is 4.57. The first-order chi connectivity index (χ1) is 7.29. The molecule has 4 nitrogen and oxygen atoms in total. The second-order valence-corrected chi connectivity index (χ2v) is 4.26. The van der Waals surface area contributed by atoms with Gasteiger partial charge in [-0.1, -0.05) is 0 Å². The predicted molar refractivity (Wildman–Crippen MR) is 60.8 cm³/mol. The first-order valence-corrected chi connectivity index (χ1v) is 5.54. The van der Waals surface area contributed by atoms with Crippen LogP contribution >= 0.6 is 0 Å². The molecule has 0 amide bonds. The van der Waals surface area contributed by atoms with Crippen molar-refractivity contribution in [1.29, 1.82) is 0 Å². The van der Waals surface area contributed by atoms with Gasteiger partial charge in [0.2, 0.25) is 0 Å². The van der Waals surface area contributed by atoms with Gasteiger partial charge in [0.1, 0.15) is 0 Å². The summed E-state index contributed by atoms with van der Waals surface area (Å²) in [5.74, 6) is 1.70. The van der Waals surface area contributed by atoms with Crippen LogP contribution in [0.15, 0.2) is 12.3 Å². The minimum absolute atomic E-state index is 0.694. The molecule has 1 fully saturated rings. The molecule has 0 atom stereocenters. The summed E-state index contributed by atoms with van der Waals surface area (Å²) in [7, 11) is 0. The van der Waals surface area contributed by atoms with Crippen molar-refractivity contribution < 1.29 is 0 Å². The highest BCUT2D eigenvalue weighted by Crippen LogP contribution is 2.20. The Bertz CT molecular complexity index is 318. The number of hydrogen-bond donors (Lipinski definition) is 1. The van der Waals surface area contributed by atoms with Gasteiger partial charge >= 0.3 is 0 Å². The highest BCUT2D eigenvalue weighted by Gasteiger charge is 2.19. The molecule has 0 unspecified atom stereocenters. The van der Waals surface area contributed by atoms with Crippen LogP contribution in [0.5, 0.6) is 0 Å². The van der Waals surface area contributed by atoms with E-state index in [1.165, 1.54) is 18.4 Å². The zero-order valence-corrected chi connectivity index (χ0v) is 9.19. The van der Waals surface area contributed by atoms with Crippen molar-refractivity contribution in [2.45, 2.75) is 19.8 Å². The number of aryl methyl sites for hydroxylation is 1. The summed E-state index contributed by atoms with van der Waals surface area (Å²) < 4.78 is 0. The van der Waals surface area contributed by atoms with E-state index in [0.29, 0.717) is 5.92 Å². The third kappa shape index (κ3) is 2.45. The summed E-state index contributed by atoms with van der Waals surface area (Å²) in [5.41, 5.74) is 6.83. The summed E-state index contributed by atoms with van der Waals surface area (Å²) in [6.45, 7) is 4.97. The lowest BCUT2D eigenvalue weighted by Crippen LogP contribution is -2.36. The van der Waals surface area contributed by atoms with E-state index in [9.17, 15) is 0 Å². The second-order valence-electron chi connectivity index (χ2n) is 4.26. The van der Waals surface area contributed by atoms with Crippen LogP contribution < -0.4 is 10.6 Å². The number of nitrogens with zero attached hydrogens (tertiary/aromatic N) is 3. The van der Waals surface area contributed by atoms with Gasteiger partial charge in [-0.05, 0) is 43.9 Å². The van der Waals surface area contributed by atoms with E-state index in [4.69, 9.17) is 5.73 Å². The van der Waals surface area contributed by atoms with Crippen LogP contribution in [0.4, 0.5) is 5.82 Å².